The summed E-state index contributed by atoms with van der Waals surface area (Å²) in [4.78, 5) is 21.5. The number of nitrogens with zero attached hydrogens (tertiary/aromatic N) is 2. The molecule has 0 saturated carbocycles. The fourth-order valence-electron chi connectivity index (χ4n) is 3.56. The van der Waals surface area contributed by atoms with Crippen molar-refractivity contribution in [3.05, 3.63) is 51.5 Å². The third-order valence-corrected chi connectivity index (χ3v) is 6.01. The molecule has 1 saturated heterocycles. The third-order valence-electron chi connectivity index (χ3n) is 4.79. The zero-order valence-corrected chi connectivity index (χ0v) is 14.6. The van der Waals surface area contributed by atoms with Gasteiger partial charge >= 0.3 is 0 Å². The highest BCUT2D eigenvalue weighted by Crippen LogP contribution is 2.31. The van der Waals surface area contributed by atoms with Crippen LogP contribution in [0.4, 0.5) is 0 Å². The van der Waals surface area contributed by atoms with Crippen LogP contribution in [-0.2, 0) is 24.1 Å². The second-order valence-corrected chi connectivity index (χ2v) is 7.73. The van der Waals surface area contributed by atoms with E-state index in [9.17, 15) is 4.79 Å². The van der Waals surface area contributed by atoms with Crippen molar-refractivity contribution in [1.82, 2.24) is 9.88 Å². The molecule has 2 aliphatic rings. The number of fused-ring (bicyclic) bond motifs is 1. The van der Waals surface area contributed by atoms with Crippen LogP contribution >= 0.6 is 11.3 Å². The van der Waals surface area contributed by atoms with Gasteiger partial charge in [-0.05, 0) is 55.4 Å². The van der Waals surface area contributed by atoms with E-state index in [0.29, 0.717) is 13.1 Å². The summed E-state index contributed by atoms with van der Waals surface area (Å²) in [5.74, 6) is 0.133. The Balaban J connectivity index is 1.54. The largest absolute Gasteiger partial charge is 0.376 e. The second-order valence-electron chi connectivity index (χ2n) is 6.59. The minimum Gasteiger partial charge on any atom is -0.376 e. The molecule has 0 unspecified atom stereocenters. The molecule has 126 valence electrons. The summed E-state index contributed by atoms with van der Waals surface area (Å²) < 4.78 is 5.76. The standard InChI is InChI=1S/C19H22N2O2S/c22-19(18-10-15-5-1-7-17(15)24-18)21(13-16-6-3-9-23-16)12-14-4-2-8-20-11-14/h2,4,8,10-11,16H,1,3,5-7,9,12-13H2/t16-/m0/s1. The topological polar surface area (TPSA) is 42.4 Å². The van der Waals surface area contributed by atoms with Crippen molar-refractivity contribution in [3.63, 3.8) is 0 Å². The van der Waals surface area contributed by atoms with Crippen molar-refractivity contribution >= 4 is 17.2 Å². The first-order valence-electron chi connectivity index (χ1n) is 8.71. The molecular weight excluding hydrogens is 320 g/mol. The second kappa shape index (κ2) is 7.03. The fourth-order valence-corrected chi connectivity index (χ4v) is 4.78. The summed E-state index contributed by atoms with van der Waals surface area (Å²) in [6, 6.07) is 6.06. The van der Waals surface area contributed by atoms with E-state index in [1.807, 2.05) is 23.2 Å². The van der Waals surface area contributed by atoms with Gasteiger partial charge in [0.25, 0.3) is 5.91 Å². The number of carbonyl (C=O) groups excluding carboxylic acids is 1. The Kier molecular flexibility index (Phi) is 4.63. The number of rotatable bonds is 5. The number of hydrogen-bond donors (Lipinski definition) is 0. The van der Waals surface area contributed by atoms with Gasteiger partial charge in [-0.15, -0.1) is 11.3 Å². The Hall–Kier alpha value is -1.72. The van der Waals surface area contributed by atoms with E-state index in [-0.39, 0.29) is 12.0 Å². The molecule has 0 N–H and O–H groups in total. The van der Waals surface area contributed by atoms with Crippen molar-refractivity contribution in [2.45, 2.75) is 44.8 Å². The molecule has 2 aromatic rings. The van der Waals surface area contributed by atoms with E-state index >= 15 is 0 Å². The summed E-state index contributed by atoms with van der Waals surface area (Å²) in [7, 11) is 0. The van der Waals surface area contributed by atoms with Crippen LogP contribution in [0, 0.1) is 0 Å². The first kappa shape index (κ1) is 15.8. The quantitative estimate of drug-likeness (QED) is 0.836. The average Bonchev–Trinajstić information content (AvgIpc) is 3.31. The van der Waals surface area contributed by atoms with Crippen LogP contribution in [0.25, 0.3) is 0 Å². The molecule has 4 rings (SSSR count). The SMILES string of the molecule is O=C(c1cc2c(s1)CCC2)N(Cc1cccnc1)C[C@@H]1CCCO1. The minimum atomic E-state index is 0.133. The molecular formula is C19H22N2O2S. The number of aromatic nitrogens is 1. The van der Waals surface area contributed by atoms with Gasteiger partial charge in [-0.3, -0.25) is 9.78 Å². The third kappa shape index (κ3) is 3.37. The highest BCUT2D eigenvalue weighted by atomic mass is 32.1. The molecule has 0 aromatic carbocycles. The predicted octanol–water partition coefficient (Wildman–Crippen LogP) is 3.45. The molecule has 1 fully saturated rings. The van der Waals surface area contributed by atoms with Crippen LogP contribution in [0.3, 0.4) is 0 Å². The molecule has 1 amide bonds. The number of aryl methyl sites for hydroxylation is 2. The Morgan fingerprint density at radius 1 is 1.38 bits per heavy atom. The van der Waals surface area contributed by atoms with Gasteiger partial charge in [-0.25, -0.2) is 0 Å². The summed E-state index contributed by atoms with van der Waals surface area (Å²) in [5, 5.41) is 0. The highest BCUT2D eigenvalue weighted by molar-refractivity contribution is 7.14. The first-order chi connectivity index (χ1) is 11.8. The van der Waals surface area contributed by atoms with Crippen molar-refractivity contribution in [3.8, 4) is 0 Å². The maximum absolute atomic E-state index is 13.1. The predicted molar refractivity (Wildman–Crippen MR) is 94.3 cm³/mol. The van der Waals surface area contributed by atoms with E-state index in [4.69, 9.17) is 4.74 Å². The van der Waals surface area contributed by atoms with Crippen molar-refractivity contribution in [2.24, 2.45) is 0 Å². The molecule has 3 heterocycles. The summed E-state index contributed by atoms with van der Waals surface area (Å²) in [6.45, 7) is 2.07. The molecule has 1 aliphatic carbocycles. The van der Waals surface area contributed by atoms with Crippen molar-refractivity contribution in [1.29, 1.82) is 0 Å². The van der Waals surface area contributed by atoms with Gasteiger partial charge in [0.15, 0.2) is 0 Å². The monoisotopic (exact) mass is 342 g/mol. The van der Waals surface area contributed by atoms with E-state index in [0.717, 1.165) is 42.7 Å². The van der Waals surface area contributed by atoms with Crippen molar-refractivity contribution in [2.75, 3.05) is 13.2 Å². The van der Waals surface area contributed by atoms with E-state index in [1.165, 1.54) is 16.9 Å². The lowest BCUT2D eigenvalue weighted by Crippen LogP contribution is -2.36. The van der Waals surface area contributed by atoms with Gasteiger partial charge in [0.2, 0.25) is 0 Å². The normalized spacial score (nSPS) is 19.4. The van der Waals surface area contributed by atoms with Gasteiger partial charge in [-0.1, -0.05) is 6.07 Å². The van der Waals surface area contributed by atoms with Crippen LogP contribution < -0.4 is 0 Å². The van der Waals surface area contributed by atoms with E-state index in [1.54, 1.807) is 17.5 Å². The van der Waals surface area contributed by atoms with Crippen LogP contribution in [0.5, 0.6) is 0 Å². The van der Waals surface area contributed by atoms with Gasteiger partial charge in [-0.2, -0.15) is 0 Å². The molecule has 0 spiro atoms. The van der Waals surface area contributed by atoms with Gasteiger partial charge < -0.3 is 9.64 Å². The molecule has 0 radical (unpaired) electrons. The number of hydrogen-bond acceptors (Lipinski definition) is 4. The number of ether oxygens (including phenoxy) is 1. The van der Waals surface area contributed by atoms with Crippen LogP contribution in [-0.4, -0.2) is 35.0 Å². The van der Waals surface area contributed by atoms with Gasteiger partial charge in [0.05, 0.1) is 11.0 Å². The molecule has 5 heteroatoms. The molecule has 4 nitrogen and oxygen atoms in total. The lowest BCUT2D eigenvalue weighted by atomic mass is 10.2. The van der Waals surface area contributed by atoms with E-state index < -0.39 is 0 Å². The maximum atomic E-state index is 13.1. The Morgan fingerprint density at radius 2 is 2.33 bits per heavy atom. The number of thiophene rings is 1. The maximum Gasteiger partial charge on any atom is 0.264 e. The number of carbonyl (C=O) groups is 1. The highest BCUT2D eigenvalue weighted by Gasteiger charge is 2.26. The number of pyridine rings is 1. The Bertz CT molecular complexity index is 686. The average molecular weight is 342 g/mol. The number of amides is 1. The van der Waals surface area contributed by atoms with Crippen molar-refractivity contribution < 1.29 is 9.53 Å². The van der Waals surface area contributed by atoms with Gasteiger partial charge in [0, 0.05) is 37.0 Å². The van der Waals surface area contributed by atoms with Crippen LogP contribution in [0.1, 0.15) is 44.9 Å². The lowest BCUT2D eigenvalue weighted by molar-refractivity contribution is 0.0510. The van der Waals surface area contributed by atoms with Crippen LogP contribution in [0.2, 0.25) is 0 Å². The van der Waals surface area contributed by atoms with E-state index in [2.05, 4.69) is 11.1 Å². The smallest absolute Gasteiger partial charge is 0.264 e. The van der Waals surface area contributed by atoms with Gasteiger partial charge in [0.1, 0.15) is 0 Å². The zero-order valence-electron chi connectivity index (χ0n) is 13.7. The summed E-state index contributed by atoms with van der Waals surface area (Å²) in [6.07, 6.45) is 9.37. The van der Waals surface area contributed by atoms with Crippen LogP contribution in [0.15, 0.2) is 30.6 Å². The summed E-state index contributed by atoms with van der Waals surface area (Å²) >= 11 is 1.68. The minimum absolute atomic E-state index is 0.133. The lowest BCUT2D eigenvalue weighted by Gasteiger charge is -2.25. The molecule has 24 heavy (non-hydrogen) atoms. The fraction of sp³-hybridized carbons (Fsp3) is 0.474. The zero-order chi connectivity index (χ0) is 16.4. The molecule has 1 atom stereocenters. The molecule has 1 aliphatic heterocycles. The molecule has 0 bridgehead atoms. The molecule has 2 aromatic heterocycles. The Morgan fingerprint density at radius 3 is 3.08 bits per heavy atom. The Labute approximate surface area is 146 Å². The first-order valence-corrected chi connectivity index (χ1v) is 9.52. The summed E-state index contributed by atoms with van der Waals surface area (Å²) in [5.41, 5.74) is 2.44.